The molecule has 3 rings (SSSR count). The predicted octanol–water partition coefficient (Wildman–Crippen LogP) is 4.50. The first-order valence-corrected chi connectivity index (χ1v) is 8.80. The van der Waals surface area contributed by atoms with Gasteiger partial charge in [0.1, 0.15) is 0 Å². The van der Waals surface area contributed by atoms with Crippen molar-refractivity contribution in [3.63, 3.8) is 0 Å². The third-order valence-electron chi connectivity index (χ3n) is 3.89. The van der Waals surface area contributed by atoms with Crippen LogP contribution in [0.2, 0.25) is 0 Å². The maximum Gasteiger partial charge on any atom is 0.293 e. The van der Waals surface area contributed by atoms with E-state index in [1.807, 2.05) is 25.1 Å². The van der Waals surface area contributed by atoms with E-state index in [2.05, 4.69) is 29.8 Å². The lowest BCUT2D eigenvalue weighted by molar-refractivity contribution is -0.122. The zero-order chi connectivity index (χ0) is 16.4. The van der Waals surface area contributed by atoms with Crippen LogP contribution in [0, 0.1) is 0 Å². The lowest BCUT2D eigenvalue weighted by Gasteiger charge is -2.09. The van der Waals surface area contributed by atoms with Crippen LogP contribution in [-0.2, 0) is 11.3 Å². The molecule has 0 N–H and O–H groups in total. The number of para-hydroxylation sites is 1. The zero-order valence-electron chi connectivity index (χ0n) is 13.4. The Labute approximate surface area is 140 Å². The molecule has 1 fully saturated rings. The van der Waals surface area contributed by atoms with Crippen molar-refractivity contribution in [1.82, 2.24) is 9.47 Å². The quantitative estimate of drug-likeness (QED) is 0.759. The third-order valence-corrected chi connectivity index (χ3v) is 4.80. The van der Waals surface area contributed by atoms with Gasteiger partial charge in [-0.15, -0.1) is 0 Å². The molecule has 1 aromatic heterocycles. The summed E-state index contributed by atoms with van der Waals surface area (Å²) < 4.78 is 2.21. The number of benzene rings is 1. The maximum atomic E-state index is 12.4. The van der Waals surface area contributed by atoms with Gasteiger partial charge in [0.05, 0.1) is 4.91 Å². The standard InChI is InChI=1S/C18H20N2O2S/c1-3-9-19-12-13(14-7-5-6-8-15(14)19)11-16-17(21)20(10-4-2)18(22)23-16/h5-8,11-12H,3-4,9-10H2,1-2H3/b16-11-. The number of imide groups is 1. The van der Waals surface area contributed by atoms with E-state index in [-0.39, 0.29) is 11.1 Å². The first-order valence-electron chi connectivity index (χ1n) is 7.99. The molecule has 120 valence electrons. The van der Waals surface area contributed by atoms with Crippen molar-refractivity contribution in [1.29, 1.82) is 0 Å². The molecule has 23 heavy (non-hydrogen) atoms. The third kappa shape index (κ3) is 2.93. The smallest absolute Gasteiger partial charge is 0.293 e. The fraction of sp³-hybridized carbons (Fsp3) is 0.333. The molecular weight excluding hydrogens is 308 g/mol. The first kappa shape index (κ1) is 15.9. The summed E-state index contributed by atoms with van der Waals surface area (Å²) in [6, 6.07) is 8.17. The van der Waals surface area contributed by atoms with Crippen molar-refractivity contribution in [2.75, 3.05) is 6.54 Å². The number of hydrogen-bond acceptors (Lipinski definition) is 3. The highest BCUT2D eigenvalue weighted by Crippen LogP contribution is 2.34. The molecule has 5 heteroatoms. The van der Waals surface area contributed by atoms with Crippen LogP contribution >= 0.6 is 11.8 Å². The number of thioether (sulfide) groups is 1. The Kier molecular flexibility index (Phi) is 4.57. The van der Waals surface area contributed by atoms with Gasteiger partial charge >= 0.3 is 0 Å². The van der Waals surface area contributed by atoms with Gasteiger partial charge in [-0.05, 0) is 36.7 Å². The van der Waals surface area contributed by atoms with E-state index >= 15 is 0 Å². The topological polar surface area (TPSA) is 42.3 Å². The second kappa shape index (κ2) is 6.62. The van der Waals surface area contributed by atoms with Crippen LogP contribution in [0.3, 0.4) is 0 Å². The van der Waals surface area contributed by atoms with E-state index in [1.165, 1.54) is 4.90 Å². The SMILES string of the molecule is CCCN1C(=O)S/C(=C\c2cn(CCC)c3ccccc23)C1=O. The van der Waals surface area contributed by atoms with Gasteiger partial charge in [0.15, 0.2) is 0 Å². The molecule has 1 aliphatic heterocycles. The molecule has 0 radical (unpaired) electrons. The number of amides is 2. The van der Waals surface area contributed by atoms with Gasteiger partial charge in [0, 0.05) is 35.8 Å². The zero-order valence-corrected chi connectivity index (χ0v) is 14.2. The summed E-state index contributed by atoms with van der Waals surface area (Å²) in [5.41, 5.74) is 2.16. The van der Waals surface area contributed by atoms with Gasteiger partial charge in [0.25, 0.3) is 11.1 Å². The van der Waals surface area contributed by atoms with E-state index in [0.29, 0.717) is 11.4 Å². The second-order valence-electron chi connectivity index (χ2n) is 5.63. The molecule has 1 saturated heterocycles. The lowest BCUT2D eigenvalue weighted by atomic mass is 10.1. The molecule has 2 aromatic rings. The molecule has 0 bridgehead atoms. The summed E-state index contributed by atoms with van der Waals surface area (Å²) in [6.45, 7) is 5.53. The fourth-order valence-corrected chi connectivity index (χ4v) is 3.73. The Hall–Kier alpha value is -2.01. The van der Waals surface area contributed by atoms with Gasteiger partial charge in [-0.25, -0.2) is 0 Å². The van der Waals surface area contributed by atoms with Crippen LogP contribution in [0.5, 0.6) is 0 Å². The number of fused-ring (bicyclic) bond motifs is 1. The number of carbonyl (C=O) groups is 2. The highest BCUT2D eigenvalue weighted by Gasteiger charge is 2.34. The molecule has 2 amide bonds. The van der Waals surface area contributed by atoms with Crippen LogP contribution in [0.25, 0.3) is 17.0 Å². The molecule has 0 saturated carbocycles. The van der Waals surface area contributed by atoms with Crippen molar-refractivity contribution in [3.8, 4) is 0 Å². The maximum absolute atomic E-state index is 12.4. The van der Waals surface area contributed by atoms with Crippen molar-refractivity contribution in [2.24, 2.45) is 0 Å². The van der Waals surface area contributed by atoms with Crippen molar-refractivity contribution in [3.05, 3.63) is 40.9 Å². The molecule has 0 spiro atoms. The van der Waals surface area contributed by atoms with E-state index < -0.39 is 0 Å². The molecule has 1 aromatic carbocycles. The minimum Gasteiger partial charge on any atom is -0.347 e. The van der Waals surface area contributed by atoms with Crippen LogP contribution in [0.15, 0.2) is 35.4 Å². The predicted molar refractivity (Wildman–Crippen MR) is 95.2 cm³/mol. The average Bonchev–Trinajstić information content (AvgIpc) is 3.02. The number of hydrogen-bond donors (Lipinski definition) is 0. The molecule has 0 unspecified atom stereocenters. The van der Waals surface area contributed by atoms with Crippen LogP contribution in [-0.4, -0.2) is 27.2 Å². The van der Waals surface area contributed by atoms with Gasteiger partial charge in [-0.2, -0.15) is 0 Å². The molecule has 1 aliphatic rings. The van der Waals surface area contributed by atoms with Crippen molar-refractivity contribution < 1.29 is 9.59 Å². The molecule has 2 heterocycles. The second-order valence-corrected chi connectivity index (χ2v) is 6.62. The minimum absolute atomic E-state index is 0.166. The minimum atomic E-state index is -0.172. The Morgan fingerprint density at radius 1 is 1.09 bits per heavy atom. The van der Waals surface area contributed by atoms with Gasteiger partial charge in [0.2, 0.25) is 0 Å². The summed E-state index contributed by atoms with van der Waals surface area (Å²) in [6.07, 6.45) is 5.75. The molecule has 0 aliphatic carbocycles. The van der Waals surface area contributed by atoms with E-state index in [1.54, 1.807) is 0 Å². The Bertz CT molecular complexity index is 791. The number of carbonyl (C=O) groups excluding carboxylic acids is 2. The summed E-state index contributed by atoms with van der Waals surface area (Å²) in [5.74, 6) is -0.172. The summed E-state index contributed by atoms with van der Waals surface area (Å²) in [4.78, 5) is 26.2. The number of aromatic nitrogens is 1. The Morgan fingerprint density at radius 2 is 1.83 bits per heavy atom. The molecule has 0 atom stereocenters. The average molecular weight is 328 g/mol. The van der Waals surface area contributed by atoms with Crippen LogP contribution in [0.4, 0.5) is 4.79 Å². The Morgan fingerprint density at radius 3 is 2.57 bits per heavy atom. The molecular formula is C18H20N2O2S. The Balaban J connectivity index is 2.01. The summed E-state index contributed by atoms with van der Waals surface area (Å²) in [7, 11) is 0. The molecule has 4 nitrogen and oxygen atoms in total. The first-order chi connectivity index (χ1) is 11.2. The number of nitrogens with zero attached hydrogens (tertiary/aromatic N) is 2. The summed E-state index contributed by atoms with van der Waals surface area (Å²) >= 11 is 1.04. The van der Waals surface area contributed by atoms with Gasteiger partial charge in [-0.1, -0.05) is 32.0 Å². The van der Waals surface area contributed by atoms with E-state index in [4.69, 9.17) is 0 Å². The van der Waals surface area contributed by atoms with E-state index in [9.17, 15) is 9.59 Å². The lowest BCUT2D eigenvalue weighted by Crippen LogP contribution is -2.28. The highest BCUT2D eigenvalue weighted by molar-refractivity contribution is 8.18. The van der Waals surface area contributed by atoms with Crippen molar-refractivity contribution in [2.45, 2.75) is 33.2 Å². The van der Waals surface area contributed by atoms with E-state index in [0.717, 1.165) is 47.6 Å². The van der Waals surface area contributed by atoms with Crippen LogP contribution < -0.4 is 0 Å². The van der Waals surface area contributed by atoms with Crippen molar-refractivity contribution >= 4 is 39.9 Å². The monoisotopic (exact) mass is 328 g/mol. The van der Waals surface area contributed by atoms with Crippen LogP contribution in [0.1, 0.15) is 32.3 Å². The number of rotatable bonds is 5. The fourth-order valence-electron chi connectivity index (χ4n) is 2.87. The summed E-state index contributed by atoms with van der Waals surface area (Å²) in [5, 5.41) is 0.948. The highest BCUT2D eigenvalue weighted by atomic mass is 32.2. The number of aryl methyl sites for hydroxylation is 1. The van der Waals surface area contributed by atoms with Gasteiger partial charge < -0.3 is 4.57 Å². The normalized spacial score (nSPS) is 17.0. The largest absolute Gasteiger partial charge is 0.347 e. The van der Waals surface area contributed by atoms with Gasteiger partial charge in [-0.3, -0.25) is 14.5 Å².